The van der Waals surface area contributed by atoms with Crippen LogP contribution in [0.5, 0.6) is 0 Å². The third-order valence-corrected chi connectivity index (χ3v) is 4.72. The standard InChI is InChI=1S/C17H22N2O3/c1-11-5-6-12-7-8-19(14(12)9-11)17(22)16(21)18-10-13-3-2-4-15(13)20/h5-6,9,13,15,20H,2-4,7-8,10H2,1H3,(H,18,21). The second-order valence-electron chi connectivity index (χ2n) is 6.31. The molecule has 2 unspecified atom stereocenters. The van der Waals surface area contributed by atoms with E-state index in [1.807, 2.05) is 25.1 Å². The molecule has 1 heterocycles. The van der Waals surface area contributed by atoms with Gasteiger partial charge in [0.25, 0.3) is 0 Å². The number of carbonyl (C=O) groups excluding carboxylic acids is 2. The molecule has 1 aliphatic carbocycles. The summed E-state index contributed by atoms with van der Waals surface area (Å²) >= 11 is 0. The maximum Gasteiger partial charge on any atom is 0.316 e. The molecule has 22 heavy (non-hydrogen) atoms. The lowest BCUT2D eigenvalue weighted by Gasteiger charge is -2.19. The van der Waals surface area contributed by atoms with Gasteiger partial charge >= 0.3 is 11.8 Å². The zero-order valence-corrected chi connectivity index (χ0v) is 12.8. The van der Waals surface area contributed by atoms with Crippen LogP contribution in [0.15, 0.2) is 18.2 Å². The molecule has 2 N–H and O–H groups in total. The van der Waals surface area contributed by atoms with E-state index in [0.29, 0.717) is 13.1 Å². The minimum absolute atomic E-state index is 0.0739. The van der Waals surface area contributed by atoms with Gasteiger partial charge in [0.2, 0.25) is 0 Å². The largest absolute Gasteiger partial charge is 0.393 e. The summed E-state index contributed by atoms with van der Waals surface area (Å²) in [6, 6.07) is 5.99. The van der Waals surface area contributed by atoms with Gasteiger partial charge in [-0.15, -0.1) is 0 Å². The van der Waals surface area contributed by atoms with Crippen molar-refractivity contribution in [3.63, 3.8) is 0 Å². The van der Waals surface area contributed by atoms with Gasteiger partial charge in [0.15, 0.2) is 0 Å². The highest BCUT2D eigenvalue weighted by molar-refractivity contribution is 6.40. The SMILES string of the molecule is Cc1ccc2c(c1)N(C(=O)C(=O)NCC1CCCC1O)CC2. The van der Waals surface area contributed by atoms with Crippen LogP contribution in [0.1, 0.15) is 30.4 Å². The van der Waals surface area contributed by atoms with Crippen molar-refractivity contribution in [3.8, 4) is 0 Å². The number of rotatable bonds is 2. The van der Waals surface area contributed by atoms with Crippen molar-refractivity contribution in [2.24, 2.45) is 5.92 Å². The summed E-state index contributed by atoms with van der Waals surface area (Å²) in [6.07, 6.45) is 3.10. The number of aliphatic hydroxyl groups is 1. The molecule has 0 aromatic heterocycles. The normalized spacial score (nSPS) is 23.5. The first-order valence-electron chi connectivity index (χ1n) is 7.93. The van der Waals surface area contributed by atoms with Gasteiger partial charge in [-0.3, -0.25) is 9.59 Å². The predicted molar refractivity (Wildman–Crippen MR) is 83.6 cm³/mol. The van der Waals surface area contributed by atoms with E-state index in [1.165, 1.54) is 0 Å². The van der Waals surface area contributed by atoms with Crippen molar-refractivity contribution >= 4 is 17.5 Å². The molecule has 0 radical (unpaired) electrons. The van der Waals surface area contributed by atoms with Crippen molar-refractivity contribution < 1.29 is 14.7 Å². The Labute approximate surface area is 130 Å². The minimum Gasteiger partial charge on any atom is -0.393 e. The molecule has 2 atom stereocenters. The van der Waals surface area contributed by atoms with E-state index in [1.54, 1.807) is 4.90 Å². The highest BCUT2D eigenvalue weighted by Gasteiger charge is 2.31. The van der Waals surface area contributed by atoms with Crippen molar-refractivity contribution in [1.29, 1.82) is 0 Å². The van der Waals surface area contributed by atoms with Crippen molar-refractivity contribution in [2.45, 2.75) is 38.7 Å². The van der Waals surface area contributed by atoms with Crippen LogP contribution in [-0.4, -0.2) is 36.1 Å². The van der Waals surface area contributed by atoms with E-state index in [4.69, 9.17) is 0 Å². The molecule has 0 bridgehead atoms. The lowest BCUT2D eigenvalue weighted by atomic mass is 10.1. The molecule has 0 spiro atoms. The molecule has 5 heteroatoms. The maximum absolute atomic E-state index is 12.4. The molecule has 1 aliphatic heterocycles. The summed E-state index contributed by atoms with van der Waals surface area (Å²) in [4.78, 5) is 26.0. The number of hydrogen-bond acceptors (Lipinski definition) is 3. The molecule has 1 saturated carbocycles. The first-order chi connectivity index (χ1) is 10.6. The van der Waals surface area contributed by atoms with Gasteiger partial charge in [-0.05, 0) is 43.4 Å². The van der Waals surface area contributed by atoms with Crippen molar-refractivity contribution in [1.82, 2.24) is 5.32 Å². The van der Waals surface area contributed by atoms with Gasteiger partial charge < -0.3 is 15.3 Å². The molecular weight excluding hydrogens is 280 g/mol. The van der Waals surface area contributed by atoms with Crippen molar-refractivity contribution in [2.75, 3.05) is 18.0 Å². The Bertz CT molecular complexity index is 600. The third kappa shape index (κ3) is 2.86. The number of aryl methyl sites for hydroxylation is 1. The molecule has 118 valence electrons. The van der Waals surface area contributed by atoms with E-state index in [9.17, 15) is 14.7 Å². The van der Waals surface area contributed by atoms with Gasteiger partial charge in [0, 0.05) is 24.7 Å². The van der Waals surface area contributed by atoms with Gasteiger partial charge in [-0.1, -0.05) is 18.6 Å². The van der Waals surface area contributed by atoms with Crippen LogP contribution in [0.4, 0.5) is 5.69 Å². The summed E-state index contributed by atoms with van der Waals surface area (Å²) in [7, 11) is 0. The fourth-order valence-corrected chi connectivity index (χ4v) is 3.38. The van der Waals surface area contributed by atoms with E-state index < -0.39 is 11.8 Å². The number of benzene rings is 1. The number of carbonyl (C=O) groups is 2. The van der Waals surface area contributed by atoms with Crippen LogP contribution in [0.2, 0.25) is 0 Å². The molecule has 1 fully saturated rings. The number of fused-ring (bicyclic) bond motifs is 1. The number of hydrogen-bond donors (Lipinski definition) is 2. The topological polar surface area (TPSA) is 69.6 Å². The Kier molecular flexibility index (Phi) is 4.16. The first kappa shape index (κ1) is 15.0. The van der Waals surface area contributed by atoms with Crippen LogP contribution in [0, 0.1) is 12.8 Å². The van der Waals surface area contributed by atoms with E-state index in [2.05, 4.69) is 5.32 Å². The lowest BCUT2D eigenvalue weighted by Crippen LogP contribution is -2.44. The maximum atomic E-state index is 12.4. The molecule has 3 rings (SSSR count). The number of anilines is 1. The molecule has 1 aromatic carbocycles. The Hall–Kier alpha value is -1.88. The summed E-state index contributed by atoms with van der Waals surface area (Å²) in [6.45, 7) is 2.90. The number of amides is 2. The fraction of sp³-hybridized carbons (Fsp3) is 0.529. The molecule has 2 aliphatic rings. The zero-order valence-electron chi connectivity index (χ0n) is 12.8. The molecular formula is C17H22N2O3. The number of nitrogens with one attached hydrogen (secondary N) is 1. The summed E-state index contributed by atoms with van der Waals surface area (Å²) in [5.41, 5.74) is 3.03. The number of nitrogens with zero attached hydrogens (tertiary/aromatic N) is 1. The quantitative estimate of drug-likeness (QED) is 0.806. The summed E-state index contributed by atoms with van der Waals surface area (Å²) < 4.78 is 0. The van der Waals surface area contributed by atoms with Crippen LogP contribution in [0.3, 0.4) is 0 Å². The summed E-state index contributed by atoms with van der Waals surface area (Å²) in [5.74, 6) is -1.00. The third-order valence-electron chi connectivity index (χ3n) is 4.72. The van der Waals surface area contributed by atoms with Crippen LogP contribution < -0.4 is 10.2 Å². The molecule has 5 nitrogen and oxygen atoms in total. The van der Waals surface area contributed by atoms with E-state index in [0.717, 1.165) is 42.5 Å². The van der Waals surface area contributed by atoms with Gasteiger partial charge in [-0.2, -0.15) is 0 Å². The Morgan fingerprint density at radius 2 is 2.18 bits per heavy atom. The van der Waals surface area contributed by atoms with E-state index in [-0.39, 0.29) is 12.0 Å². The monoisotopic (exact) mass is 302 g/mol. The first-order valence-corrected chi connectivity index (χ1v) is 7.93. The van der Waals surface area contributed by atoms with Crippen LogP contribution in [-0.2, 0) is 16.0 Å². The minimum atomic E-state index is -0.576. The molecule has 2 amide bonds. The summed E-state index contributed by atoms with van der Waals surface area (Å²) in [5, 5.41) is 12.5. The lowest BCUT2D eigenvalue weighted by molar-refractivity contribution is -0.137. The second kappa shape index (κ2) is 6.08. The second-order valence-corrected chi connectivity index (χ2v) is 6.31. The molecule has 1 aromatic rings. The number of aliphatic hydroxyl groups excluding tert-OH is 1. The van der Waals surface area contributed by atoms with Gasteiger partial charge in [0.1, 0.15) is 0 Å². The highest BCUT2D eigenvalue weighted by Crippen LogP contribution is 2.29. The average Bonchev–Trinajstić information content (AvgIpc) is 3.09. The Morgan fingerprint density at radius 3 is 2.91 bits per heavy atom. The average molecular weight is 302 g/mol. The van der Waals surface area contributed by atoms with Crippen molar-refractivity contribution in [3.05, 3.63) is 29.3 Å². The predicted octanol–water partition coefficient (Wildman–Crippen LogP) is 1.16. The van der Waals surface area contributed by atoms with Crippen LogP contribution in [0.25, 0.3) is 0 Å². The van der Waals surface area contributed by atoms with E-state index >= 15 is 0 Å². The Balaban J connectivity index is 1.62. The van der Waals surface area contributed by atoms with Gasteiger partial charge in [0.05, 0.1) is 6.10 Å². The van der Waals surface area contributed by atoms with Gasteiger partial charge in [-0.25, -0.2) is 0 Å². The fourth-order valence-electron chi connectivity index (χ4n) is 3.38. The zero-order chi connectivity index (χ0) is 15.7. The Morgan fingerprint density at radius 1 is 1.36 bits per heavy atom. The van der Waals surface area contributed by atoms with Crippen LogP contribution >= 0.6 is 0 Å². The molecule has 0 saturated heterocycles. The smallest absolute Gasteiger partial charge is 0.316 e. The highest BCUT2D eigenvalue weighted by atomic mass is 16.3.